The average Bonchev–Trinajstić information content (AvgIpc) is 3.39. The maximum absolute atomic E-state index is 13.3. The number of ether oxygens (including phenoxy) is 2. The molecule has 1 aliphatic heterocycles. The van der Waals surface area contributed by atoms with E-state index in [1.807, 2.05) is 6.92 Å². The molecule has 36 heavy (non-hydrogen) atoms. The lowest BCUT2D eigenvalue weighted by molar-refractivity contribution is -0.132. The van der Waals surface area contributed by atoms with Crippen LogP contribution in [0.25, 0.3) is 5.76 Å². The topological polar surface area (TPSA) is 106 Å². The zero-order valence-corrected chi connectivity index (χ0v) is 21.2. The number of rotatable bonds is 8. The van der Waals surface area contributed by atoms with Crippen molar-refractivity contribution >= 4 is 39.7 Å². The van der Waals surface area contributed by atoms with E-state index in [0.717, 1.165) is 17.8 Å². The summed E-state index contributed by atoms with van der Waals surface area (Å²) in [5.41, 5.74) is 1.36. The number of aryl methyl sites for hydroxylation is 1. The van der Waals surface area contributed by atoms with Gasteiger partial charge in [0.05, 0.1) is 35.9 Å². The van der Waals surface area contributed by atoms with E-state index in [-0.39, 0.29) is 22.2 Å². The number of carbonyl (C=O) groups is 3. The lowest BCUT2D eigenvalue weighted by Crippen LogP contribution is -2.29. The van der Waals surface area contributed by atoms with E-state index in [1.165, 1.54) is 18.9 Å². The Morgan fingerprint density at radius 1 is 1.08 bits per heavy atom. The van der Waals surface area contributed by atoms with Gasteiger partial charge in [0.25, 0.3) is 5.78 Å². The molecule has 3 aromatic rings. The summed E-state index contributed by atoms with van der Waals surface area (Å²) in [5, 5.41) is 11.4. The summed E-state index contributed by atoms with van der Waals surface area (Å²) in [6, 6.07) is 12.6. The number of hydrogen-bond acceptors (Lipinski definition) is 8. The van der Waals surface area contributed by atoms with Crippen molar-refractivity contribution in [2.45, 2.75) is 33.2 Å². The number of aliphatic hydroxyl groups excluding tert-OH is 1. The Balaban J connectivity index is 1.87. The fourth-order valence-electron chi connectivity index (χ4n) is 4.03. The van der Waals surface area contributed by atoms with Crippen LogP contribution in [0.5, 0.6) is 11.5 Å². The van der Waals surface area contributed by atoms with Crippen LogP contribution in [0.15, 0.2) is 54.1 Å². The zero-order valence-electron chi connectivity index (χ0n) is 20.4. The van der Waals surface area contributed by atoms with Crippen molar-refractivity contribution in [3.05, 3.63) is 75.8 Å². The van der Waals surface area contributed by atoms with Gasteiger partial charge in [0, 0.05) is 12.5 Å². The second-order valence-corrected chi connectivity index (χ2v) is 9.26. The number of thiazole rings is 1. The number of methoxy groups -OCH3 is 1. The molecule has 4 rings (SSSR count). The number of anilines is 1. The smallest absolute Gasteiger partial charge is 0.301 e. The van der Waals surface area contributed by atoms with Gasteiger partial charge in [-0.25, -0.2) is 4.98 Å². The third-order valence-corrected chi connectivity index (χ3v) is 7.05. The molecule has 1 aliphatic rings. The van der Waals surface area contributed by atoms with Crippen molar-refractivity contribution in [2.75, 3.05) is 18.6 Å². The first-order valence-electron chi connectivity index (χ1n) is 11.4. The molecule has 0 aliphatic carbocycles. The Bertz CT molecular complexity index is 1340. The summed E-state index contributed by atoms with van der Waals surface area (Å²) < 4.78 is 10.8. The van der Waals surface area contributed by atoms with Crippen LogP contribution in [0, 0.1) is 6.92 Å². The summed E-state index contributed by atoms with van der Waals surface area (Å²) in [5.74, 6) is -0.921. The molecule has 0 saturated carbocycles. The van der Waals surface area contributed by atoms with Crippen LogP contribution in [0.4, 0.5) is 5.13 Å². The number of benzene rings is 2. The second-order valence-electron chi connectivity index (χ2n) is 8.28. The minimum absolute atomic E-state index is 0.0652. The van der Waals surface area contributed by atoms with Crippen LogP contribution >= 0.6 is 11.3 Å². The van der Waals surface area contributed by atoms with Gasteiger partial charge in [0.1, 0.15) is 17.3 Å². The Kier molecular flexibility index (Phi) is 7.21. The standard InChI is InChI=1S/C27H26N2O6S/c1-5-14-35-20-12-6-17(7-13-20)22-21(23(31)18-8-10-19(34-4)11-9-18)24(32)26(33)29(22)27-28-15(2)25(36-27)16(3)30/h6-13,22,31H,5,14H2,1-4H3/b23-21-. The fraction of sp³-hybridized carbons (Fsp3) is 0.259. The molecule has 186 valence electrons. The molecule has 1 saturated heterocycles. The Labute approximate surface area is 212 Å². The monoisotopic (exact) mass is 506 g/mol. The average molecular weight is 507 g/mol. The van der Waals surface area contributed by atoms with Crippen LogP contribution in [0.1, 0.15) is 52.8 Å². The first-order valence-corrected chi connectivity index (χ1v) is 12.2. The van der Waals surface area contributed by atoms with E-state index in [0.29, 0.717) is 39.8 Å². The number of nitrogens with zero attached hydrogens (tertiary/aromatic N) is 2. The van der Waals surface area contributed by atoms with Crippen LogP contribution in [-0.2, 0) is 9.59 Å². The molecule has 0 bridgehead atoms. The van der Waals surface area contributed by atoms with Crippen molar-refractivity contribution in [1.29, 1.82) is 0 Å². The first kappa shape index (κ1) is 25.1. The lowest BCUT2D eigenvalue weighted by atomic mass is 9.95. The molecular formula is C27H26N2O6S. The molecule has 2 heterocycles. The molecule has 0 radical (unpaired) electrons. The van der Waals surface area contributed by atoms with Crippen molar-refractivity contribution in [1.82, 2.24) is 4.98 Å². The highest BCUT2D eigenvalue weighted by Crippen LogP contribution is 2.44. The van der Waals surface area contributed by atoms with Crippen molar-refractivity contribution in [3.8, 4) is 11.5 Å². The molecule has 1 atom stereocenters. The van der Waals surface area contributed by atoms with Crippen molar-refractivity contribution in [2.24, 2.45) is 0 Å². The highest BCUT2D eigenvalue weighted by atomic mass is 32.1. The molecule has 1 unspecified atom stereocenters. The van der Waals surface area contributed by atoms with Gasteiger partial charge >= 0.3 is 5.91 Å². The van der Waals surface area contributed by atoms with Crippen molar-refractivity contribution < 1.29 is 29.0 Å². The van der Waals surface area contributed by atoms with Crippen LogP contribution in [0.2, 0.25) is 0 Å². The number of ketones is 2. The molecule has 1 N–H and O–H groups in total. The molecule has 1 aromatic heterocycles. The van der Waals surface area contributed by atoms with Gasteiger partial charge < -0.3 is 14.6 Å². The molecule has 1 amide bonds. The summed E-state index contributed by atoms with van der Waals surface area (Å²) in [6.45, 7) is 5.67. The highest BCUT2D eigenvalue weighted by Gasteiger charge is 2.48. The molecule has 8 nitrogen and oxygen atoms in total. The summed E-state index contributed by atoms with van der Waals surface area (Å²) in [6.07, 6.45) is 0.853. The minimum atomic E-state index is -0.947. The molecule has 0 spiro atoms. The van der Waals surface area contributed by atoms with Crippen molar-refractivity contribution in [3.63, 3.8) is 0 Å². The number of hydrogen-bond donors (Lipinski definition) is 1. The van der Waals surface area contributed by atoms with E-state index in [1.54, 1.807) is 55.5 Å². The SMILES string of the molecule is CCCOc1ccc(C2/C(=C(/O)c3ccc(OC)cc3)C(=O)C(=O)N2c2nc(C)c(C(C)=O)s2)cc1. The predicted octanol–water partition coefficient (Wildman–Crippen LogP) is 5.08. The quantitative estimate of drug-likeness (QED) is 0.197. The molecule has 2 aromatic carbocycles. The fourth-order valence-corrected chi connectivity index (χ4v) is 5.02. The third kappa shape index (κ3) is 4.61. The number of carbonyl (C=O) groups excluding carboxylic acids is 3. The maximum atomic E-state index is 13.3. The maximum Gasteiger partial charge on any atom is 0.301 e. The Hall–Kier alpha value is -3.98. The summed E-state index contributed by atoms with van der Waals surface area (Å²) in [4.78, 5) is 44.7. The normalized spacial score (nSPS) is 16.9. The first-order chi connectivity index (χ1) is 17.3. The third-order valence-electron chi connectivity index (χ3n) is 5.79. The van der Waals surface area contributed by atoms with E-state index in [4.69, 9.17) is 9.47 Å². The van der Waals surface area contributed by atoms with Crippen LogP contribution in [0.3, 0.4) is 0 Å². The van der Waals surface area contributed by atoms with Crippen LogP contribution in [-0.4, -0.2) is 41.3 Å². The van der Waals surface area contributed by atoms with Gasteiger partial charge in [0.2, 0.25) is 0 Å². The summed E-state index contributed by atoms with van der Waals surface area (Å²) >= 11 is 1.04. The number of aliphatic hydroxyl groups is 1. The van der Waals surface area contributed by atoms with E-state index in [2.05, 4.69) is 4.98 Å². The van der Waals surface area contributed by atoms with Gasteiger partial charge in [-0.1, -0.05) is 30.4 Å². The number of aromatic nitrogens is 1. The Morgan fingerprint density at radius 3 is 2.28 bits per heavy atom. The molecule has 9 heteroatoms. The van der Waals surface area contributed by atoms with Gasteiger partial charge in [-0.15, -0.1) is 0 Å². The van der Waals surface area contributed by atoms with Crippen LogP contribution < -0.4 is 14.4 Å². The minimum Gasteiger partial charge on any atom is -0.507 e. The van der Waals surface area contributed by atoms with E-state index in [9.17, 15) is 19.5 Å². The number of amides is 1. The molecular weight excluding hydrogens is 480 g/mol. The Morgan fingerprint density at radius 2 is 1.72 bits per heavy atom. The number of Topliss-reactive ketones (excluding diaryl/α,β-unsaturated/α-hetero) is 2. The van der Waals surface area contributed by atoms with E-state index >= 15 is 0 Å². The molecule has 1 fully saturated rings. The zero-order chi connectivity index (χ0) is 26.0. The highest BCUT2D eigenvalue weighted by molar-refractivity contribution is 7.18. The largest absolute Gasteiger partial charge is 0.507 e. The lowest BCUT2D eigenvalue weighted by Gasteiger charge is -2.23. The van der Waals surface area contributed by atoms with Gasteiger partial charge in [-0.2, -0.15) is 0 Å². The van der Waals surface area contributed by atoms with E-state index < -0.39 is 17.7 Å². The van der Waals surface area contributed by atoms with Gasteiger partial charge in [-0.05, 0) is 55.3 Å². The van der Waals surface area contributed by atoms with Gasteiger partial charge in [0.15, 0.2) is 10.9 Å². The summed E-state index contributed by atoms with van der Waals surface area (Å²) in [7, 11) is 1.53. The van der Waals surface area contributed by atoms with Gasteiger partial charge in [-0.3, -0.25) is 19.3 Å². The second kappa shape index (κ2) is 10.3. The predicted molar refractivity (Wildman–Crippen MR) is 137 cm³/mol.